The van der Waals surface area contributed by atoms with E-state index < -0.39 is 0 Å². The Morgan fingerprint density at radius 2 is 1.42 bits per heavy atom. The third-order valence-electron chi connectivity index (χ3n) is 3.54. The minimum Gasteiger partial charge on any atom is -0.321 e. The average molecular weight is 427 g/mol. The summed E-state index contributed by atoms with van der Waals surface area (Å²) in [6.07, 6.45) is 0. The van der Waals surface area contributed by atoms with Crippen LogP contribution in [0, 0.1) is 3.57 Å². The molecule has 0 saturated heterocycles. The number of halogens is 1. The Morgan fingerprint density at radius 1 is 0.750 bits per heavy atom. The van der Waals surface area contributed by atoms with E-state index in [1.54, 1.807) is 48.5 Å². The molecule has 3 aromatic carbocycles. The second kappa shape index (κ2) is 7.40. The van der Waals surface area contributed by atoms with Crippen molar-refractivity contribution in [3.05, 3.63) is 99.1 Å². The summed E-state index contributed by atoms with van der Waals surface area (Å²) in [6.45, 7) is 0. The van der Waals surface area contributed by atoms with Crippen LogP contribution in [0.25, 0.3) is 0 Å². The van der Waals surface area contributed by atoms with Crippen molar-refractivity contribution in [1.29, 1.82) is 0 Å². The van der Waals surface area contributed by atoms with Gasteiger partial charge in [0.15, 0.2) is 5.78 Å². The Morgan fingerprint density at radius 3 is 2.17 bits per heavy atom. The zero-order valence-corrected chi connectivity index (χ0v) is 14.9. The molecule has 3 aromatic rings. The van der Waals surface area contributed by atoms with Crippen LogP contribution in [0.2, 0.25) is 0 Å². The maximum absolute atomic E-state index is 12.7. The molecule has 0 heterocycles. The molecule has 24 heavy (non-hydrogen) atoms. The zero-order chi connectivity index (χ0) is 16.9. The van der Waals surface area contributed by atoms with E-state index in [-0.39, 0.29) is 11.7 Å². The summed E-state index contributed by atoms with van der Waals surface area (Å²) in [7, 11) is 0. The lowest BCUT2D eigenvalue weighted by Crippen LogP contribution is -2.15. The number of anilines is 1. The third kappa shape index (κ3) is 3.71. The van der Waals surface area contributed by atoms with Gasteiger partial charge in [-0.15, -0.1) is 0 Å². The Hall–Kier alpha value is -2.47. The lowest BCUT2D eigenvalue weighted by Gasteiger charge is -2.10. The predicted molar refractivity (Wildman–Crippen MR) is 103 cm³/mol. The minimum absolute atomic E-state index is 0.117. The molecule has 3 nitrogen and oxygen atoms in total. The summed E-state index contributed by atoms with van der Waals surface area (Å²) < 4.78 is 0.980. The van der Waals surface area contributed by atoms with E-state index in [9.17, 15) is 9.59 Å². The fourth-order valence-electron chi connectivity index (χ4n) is 2.36. The quantitative estimate of drug-likeness (QED) is 0.482. The van der Waals surface area contributed by atoms with Crippen molar-refractivity contribution in [2.45, 2.75) is 0 Å². The first kappa shape index (κ1) is 16.4. The van der Waals surface area contributed by atoms with Crippen LogP contribution >= 0.6 is 22.6 Å². The van der Waals surface area contributed by atoms with Crippen LogP contribution in [0.15, 0.2) is 78.9 Å². The Balaban J connectivity index is 1.90. The van der Waals surface area contributed by atoms with Crippen LogP contribution < -0.4 is 5.32 Å². The highest BCUT2D eigenvalue weighted by atomic mass is 127. The van der Waals surface area contributed by atoms with Crippen molar-refractivity contribution in [1.82, 2.24) is 0 Å². The molecule has 0 aromatic heterocycles. The van der Waals surface area contributed by atoms with Crippen molar-refractivity contribution in [3.63, 3.8) is 0 Å². The number of benzene rings is 3. The number of nitrogens with one attached hydrogen (secondary N) is 1. The molecule has 4 heteroatoms. The molecule has 0 unspecified atom stereocenters. The standard InChI is InChI=1S/C20H14INO2/c21-16-10-6-9-15(13-16)20(24)22-18-12-5-4-11-17(18)19(23)14-7-2-1-3-8-14/h1-13H,(H,22,24). The van der Waals surface area contributed by atoms with Gasteiger partial charge >= 0.3 is 0 Å². The summed E-state index contributed by atoms with van der Waals surface area (Å²) in [6, 6.07) is 23.4. The molecule has 1 N–H and O–H groups in total. The topological polar surface area (TPSA) is 46.2 Å². The fourth-order valence-corrected chi connectivity index (χ4v) is 2.90. The Labute approximate surface area is 153 Å². The Kier molecular flexibility index (Phi) is 5.05. The number of amides is 1. The van der Waals surface area contributed by atoms with E-state index in [2.05, 4.69) is 27.9 Å². The van der Waals surface area contributed by atoms with Crippen LogP contribution in [-0.2, 0) is 0 Å². The molecule has 3 rings (SSSR count). The maximum Gasteiger partial charge on any atom is 0.255 e. The van der Waals surface area contributed by atoms with Crippen LogP contribution in [0.3, 0.4) is 0 Å². The lowest BCUT2D eigenvalue weighted by molar-refractivity contribution is 0.102. The molecule has 0 bridgehead atoms. The summed E-state index contributed by atoms with van der Waals surface area (Å²) in [5.41, 5.74) is 2.13. The minimum atomic E-state index is -0.234. The molecular weight excluding hydrogens is 413 g/mol. The van der Waals surface area contributed by atoms with E-state index in [4.69, 9.17) is 0 Å². The van der Waals surface area contributed by atoms with E-state index in [0.717, 1.165) is 3.57 Å². The van der Waals surface area contributed by atoms with Gasteiger partial charge in [0.25, 0.3) is 5.91 Å². The highest BCUT2D eigenvalue weighted by Crippen LogP contribution is 2.20. The summed E-state index contributed by atoms with van der Waals surface area (Å²) in [5.74, 6) is -0.351. The molecule has 0 radical (unpaired) electrons. The first-order valence-electron chi connectivity index (χ1n) is 7.41. The second-order valence-electron chi connectivity index (χ2n) is 5.21. The van der Waals surface area contributed by atoms with Gasteiger partial charge in [0.05, 0.1) is 5.69 Å². The number of hydrogen-bond donors (Lipinski definition) is 1. The molecule has 1 amide bonds. The number of rotatable bonds is 4. The summed E-state index contributed by atoms with van der Waals surface area (Å²) >= 11 is 2.16. The number of para-hydroxylation sites is 1. The van der Waals surface area contributed by atoms with Crippen LogP contribution in [0.1, 0.15) is 26.3 Å². The average Bonchev–Trinajstić information content (AvgIpc) is 2.62. The number of carbonyl (C=O) groups excluding carboxylic acids is 2. The van der Waals surface area contributed by atoms with Crippen LogP contribution in [0.4, 0.5) is 5.69 Å². The van der Waals surface area contributed by atoms with Gasteiger partial charge in [-0.2, -0.15) is 0 Å². The van der Waals surface area contributed by atoms with Crippen molar-refractivity contribution in [2.75, 3.05) is 5.32 Å². The van der Waals surface area contributed by atoms with Gasteiger partial charge in [0.2, 0.25) is 0 Å². The van der Waals surface area contributed by atoms with Gasteiger partial charge < -0.3 is 5.32 Å². The monoisotopic (exact) mass is 427 g/mol. The van der Waals surface area contributed by atoms with Gasteiger partial charge in [-0.05, 0) is 52.9 Å². The molecule has 0 aliphatic rings. The van der Waals surface area contributed by atoms with Crippen LogP contribution in [-0.4, -0.2) is 11.7 Å². The highest BCUT2D eigenvalue weighted by molar-refractivity contribution is 14.1. The van der Waals surface area contributed by atoms with Gasteiger partial charge in [-0.1, -0.05) is 48.5 Å². The highest BCUT2D eigenvalue weighted by Gasteiger charge is 2.15. The van der Waals surface area contributed by atoms with Crippen molar-refractivity contribution < 1.29 is 9.59 Å². The largest absolute Gasteiger partial charge is 0.321 e. The molecule has 0 aliphatic carbocycles. The molecule has 0 fully saturated rings. The zero-order valence-electron chi connectivity index (χ0n) is 12.7. The summed E-state index contributed by atoms with van der Waals surface area (Å²) in [4.78, 5) is 25.1. The predicted octanol–water partition coefficient (Wildman–Crippen LogP) is 4.77. The van der Waals surface area contributed by atoms with E-state index in [1.165, 1.54) is 0 Å². The first-order valence-corrected chi connectivity index (χ1v) is 8.49. The lowest BCUT2D eigenvalue weighted by atomic mass is 10.0. The van der Waals surface area contributed by atoms with Gasteiger partial charge in [0, 0.05) is 20.3 Å². The normalized spacial score (nSPS) is 10.2. The third-order valence-corrected chi connectivity index (χ3v) is 4.21. The molecule has 0 atom stereocenters. The van der Waals surface area contributed by atoms with E-state index in [0.29, 0.717) is 22.4 Å². The van der Waals surface area contributed by atoms with E-state index >= 15 is 0 Å². The number of hydrogen-bond acceptors (Lipinski definition) is 2. The second-order valence-corrected chi connectivity index (χ2v) is 6.45. The molecule has 0 saturated carbocycles. The maximum atomic E-state index is 12.7. The smallest absolute Gasteiger partial charge is 0.255 e. The van der Waals surface area contributed by atoms with Crippen LogP contribution in [0.5, 0.6) is 0 Å². The SMILES string of the molecule is O=C(Nc1ccccc1C(=O)c1ccccc1)c1cccc(I)c1. The van der Waals surface area contributed by atoms with Gasteiger partial charge in [0.1, 0.15) is 0 Å². The summed E-state index contributed by atoms with van der Waals surface area (Å²) in [5, 5.41) is 2.84. The van der Waals surface area contributed by atoms with Gasteiger partial charge in [-0.3, -0.25) is 9.59 Å². The molecule has 118 valence electrons. The molecule has 0 spiro atoms. The van der Waals surface area contributed by atoms with E-state index in [1.807, 2.05) is 30.3 Å². The van der Waals surface area contributed by atoms with Crippen molar-refractivity contribution in [2.24, 2.45) is 0 Å². The molecule has 0 aliphatic heterocycles. The van der Waals surface area contributed by atoms with Crippen molar-refractivity contribution >= 4 is 40.0 Å². The van der Waals surface area contributed by atoms with Gasteiger partial charge in [-0.25, -0.2) is 0 Å². The number of carbonyl (C=O) groups is 2. The Bertz CT molecular complexity index is 891. The molecular formula is C20H14INO2. The van der Waals surface area contributed by atoms with Crippen molar-refractivity contribution in [3.8, 4) is 0 Å². The number of ketones is 1. The fraction of sp³-hybridized carbons (Fsp3) is 0. The first-order chi connectivity index (χ1) is 11.6.